The summed E-state index contributed by atoms with van der Waals surface area (Å²) in [6, 6.07) is 7.48. The topological polar surface area (TPSA) is 35.0 Å². The summed E-state index contributed by atoms with van der Waals surface area (Å²) in [5.41, 5.74) is 1.54. The molecule has 1 aromatic heterocycles. The van der Waals surface area contributed by atoms with Crippen molar-refractivity contribution < 1.29 is 4.74 Å². The number of ether oxygens (including phenoxy) is 1. The molecule has 0 unspecified atom stereocenters. The van der Waals surface area contributed by atoms with E-state index < -0.39 is 0 Å². The van der Waals surface area contributed by atoms with Gasteiger partial charge in [0, 0.05) is 5.56 Å². The van der Waals surface area contributed by atoms with Gasteiger partial charge < -0.3 is 4.74 Å². The van der Waals surface area contributed by atoms with Gasteiger partial charge in [0.25, 0.3) is 5.88 Å². The summed E-state index contributed by atoms with van der Waals surface area (Å²) >= 11 is 7.14. The van der Waals surface area contributed by atoms with E-state index in [1.807, 2.05) is 24.3 Å². The maximum absolute atomic E-state index is 6.03. The molecule has 72 valence electrons. The van der Waals surface area contributed by atoms with E-state index in [0.717, 1.165) is 17.3 Å². The number of halogens is 1. The van der Waals surface area contributed by atoms with Crippen molar-refractivity contribution >= 4 is 23.3 Å². The van der Waals surface area contributed by atoms with E-state index >= 15 is 0 Å². The van der Waals surface area contributed by atoms with Crippen LogP contribution in [0.1, 0.15) is 0 Å². The molecule has 5 heteroatoms. The lowest BCUT2D eigenvalue weighted by atomic mass is 10.2. The summed E-state index contributed by atoms with van der Waals surface area (Å²) < 4.78 is 13.2. The number of nitrogens with zero attached hydrogens (tertiary/aromatic N) is 2. The van der Waals surface area contributed by atoms with Gasteiger partial charge >= 0.3 is 0 Å². The number of benzene rings is 1. The zero-order valence-electron chi connectivity index (χ0n) is 7.40. The molecule has 0 spiro atoms. The molecule has 0 amide bonds. The zero-order valence-corrected chi connectivity index (χ0v) is 8.97. The van der Waals surface area contributed by atoms with Crippen LogP contribution in [0, 0.1) is 0 Å². The first-order valence-corrected chi connectivity index (χ1v) is 5.05. The molecule has 0 saturated carbocycles. The molecule has 0 aliphatic carbocycles. The fourth-order valence-corrected chi connectivity index (χ4v) is 1.89. The smallest absolute Gasteiger partial charge is 0.253 e. The van der Waals surface area contributed by atoms with Gasteiger partial charge in [-0.3, -0.25) is 0 Å². The normalized spacial score (nSPS) is 10.1. The molecule has 2 aromatic rings. The van der Waals surface area contributed by atoms with Crippen LogP contribution in [-0.4, -0.2) is 15.9 Å². The van der Waals surface area contributed by atoms with Crippen LogP contribution in [0.15, 0.2) is 24.3 Å². The Kier molecular flexibility index (Phi) is 2.65. The molecule has 0 saturated heterocycles. The Balaban J connectivity index is 2.54. The van der Waals surface area contributed by atoms with Crippen LogP contribution in [0.4, 0.5) is 0 Å². The van der Waals surface area contributed by atoms with Gasteiger partial charge in [0.05, 0.1) is 23.9 Å². The highest BCUT2D eigenvalue weighted by molar-refractivity contribution is 6.99. The summed E-state index contributed by atoms with van der Waals surface area (Å²) in [6.07, 6.45) is 0. The van der Waals surface area contributed by atoms with Crippen molar-refractivity contribution in [1.29, 1.82) is 0 Å². The van der Waals surface area contributed by atoms with Gasteiger partial charge in [0.15, 0.2) is 0 Å². The molecule has 0 radical (unpaired) electrons. The average Bonchev–Trinajstić information content (AvgIpc) is 2.66. The van der Waals surface area contributed by atoms with E-state index in [4.69, 9.17) is 16.3 Å². The highest BCUT2D eigenvalue weighted by Gasteiger charge is 2.12. The molecule has 0 aliphatic rings. The molecule has 0 bridgehead atoms. The van der Waals surface area contributed by atoms with Crippen LogP contribution in [-0.2, 0) is 0 Å². The summed E-state index contributed by atoms with van der Waals surface area (Å²) in [5, 5.41) is 0.651. The quantitative estimate of drug-likeness (QED) is 0.790. The van der Waals surface area contributed by atoms with Crippen molar-refractivity contribution in [3.05, 3.63) is 29.3 Å². The van der Waals surface area contributed by atoms with Gasteiger partial charge in [-0.1, -0.05) is 29.8 Å². The molecule has 0 N–H and O–H groups in total. The first-order chi connectivity index (χ1) is 6.83. The lowest BCUT2D eigenvalue weighted by molar-refractivity contribution is 0.403. The molecule has 2 rings (SSSR count). The van der Waals surface area contributed by atoms with Gasteiger partial charge in [-0.25, -0.2) is 0 Å². The van der Waals surface area contributed by atoms with Crippen LogP contribution in [0.5, 0.6) is 5.88 Å². The number of hydrogen-bond acceptors (Lipinski definition) is 4. The Morgan fingerprint density at radius 1 is 1.29 bits per heavy atom. The summed E-state index contributed by atoms with van der Waals surface area (Å²) in [7, 11) is 1.57. The maximum atomic E-state index is 6.03. The van der Waals surface area contributed by atoms with E-state index in [1.165, 1.54) is 0 Å². The Hall–Kier alpha value is -1.13. The van der Waals surface area contributed by atoms with Crippen LogP contribution < -0.4 is 4.74 Å². The fourth-order valence-electron chi connectivity index (χ4n) is 1.13. The van der Waals surface area contributed by atoms with Gasteiger partial charge in [-0.15, -0.1) is 4.37 Å². The molecule has 1 heterocycles. The molecular formula is C9H7ClN2OS. The highest BCUT2D eigenvalue weighted by Crippen LogP contribution is 2.32. The molecule has 0 atom stereocenters. The highest BCUT2D eigenvalue weighted by atomic mass is 35.5. The lowest BCUT2D eigenvalue weighted by Crippen LogP contribution is -1.86. The summed E-state index contributed by atoms with van der Waals surface area (Å²) in [6.45, 7) is 0. The third-order valence-electron chi connectivity index (χ3n) is 1.78. The minimum atomic E-state index is 0.517. The number of hydrogen-bond donors (Lipinski definition) is 0. The lowest BCUT2D eigenvalue weighted by Gasteiger charge is -2.01. The van der Waals surface area contributed by atoms with Crippen molar-refractivity contribution in [2.24, 2.45) is 0 Å². The summed E-state index contributed by atoms with van der Waals surface area (Å²) in [4.78, 5) is 0. The first kappa shape index (κ1) is 9.43. The second-order valence-electron chi connectivity index (χ2n) is 2.60. The van der Waals surface area contributed by atoms with Crippen LogP contribution in [0.2, 0.25) is 5.02 Å². The summed E-state index contributed by atoms with van der Waals surface area (Å²) in [5.74, 6) is 0.517. The van der Waals surface area contributed by atoms with Gasteiger partial charge in [0.1, 0.15) is 5.69 Å². The van der Waals surface area contributed by atoms with E-state index in [0.29, 0.717) is 16.6 Å². The third kappa shape index (κ3) is 1.58. The largest absolute Gasteiger partial charge is 0.479 e. The Morgan fingerprint density at radius 2 is 2.07 bits per heavy atom. The molecule has 3 nitrogen and oxygen atoms in total. The number of aromatic nitrogens is 2. The first-order valence-electron chi connectivity index (χ1n) is 3.94. The minimum absolute atomic E-state index is 0.517. The minimum Gasteiger partial charge on any atom is -0.479 e. The maximum Gasteiger partial charge on any atom is 0.253 e. The van der Waals surface area contributed by atoms with E-state index in [1.54, 1.807) is 7.11 Å². The predicted molar refractivity (Wildman–Crippen MR) is 56.9 cm³/mol. The predicted octanol–water partition coefficient (Wildman–Crippen LogP) is 2.87. The average molecular weight is 227 g/mol. The molecule has 0 fully saturated rings. The van der Waals surface area contributed by atoms with Gasteiger partial charge in [0.2, 0.25) is 0 Å². The monoisotopic (exact) mass is 226 g/mol. The van der Waals surface area contributed by atoms with Crippen LogP contribution in [0.3, 0.4) is 0 Å². The standard InChI is InChI=1S/C9H7ClN2OS/c1-13-9-8(11-14-12-9)6-4-2-3-5-7(6)10/h2-5H,1H3. The SMILES string of the molecule is COc1nsnc1-c1ccccc1Cl. The molecule has 0 aliphatic heterocycles. The van der Waals surface area contributed by atoms with Crippen molar-refractivity contribution in [3.8, 4) is 17.1 Å². The van der Waals surface area contributed by atoms with Crippen molar-refractivity contribution in [2.45, 2.75) is 0 Å². The molecule has 14 heavy (non-hydrogen) atoms. The number of rotatable bonds is 2. The Bertz CT molecular complexity index is 444. The van der Waals surface area contributed by atoms with Crippen LogP contribution >= 0.6 is 23.3 Å². The second-order valence-corrected chi connectivity index (χ2v) is 3.54. The molecular weight excluding hydrogens is 220 g/mol. The van der Waals surface area contributed by atoms with Crippen molar-refractivity contribution in [1.82, 2.24) is 8.75 Å². The van der Waals surface area contributed by atoms with E-state index in [2.05, 4.69) is 8.75 Å². The van der Waals surface area contributed by atoms with E-state index in [-0.39, 0.29) is 0 Å². The van der Waals surface area contributed by atoms with Crippen LogP contribution in [0.25, 0.3) is 11.3 Å². The Morgan fingerprint density at radius 3 is 2.79 bits per heavy atom. The fraction of sp³-hybridized carbons (Fsp3) is 0.111. The molecule has 1 aromatic carbocycles. The Labute approximate surface area is 90.6 Å². The van der Waals surface area contributed by atoms with E-state index in [9.17, 15) is 0 Å². The van der Waals surface area contributed by atoms with Crippen molar-refractivity contribution in [2.75, 3.05) is 7.11 Å². The van der Waals surface area contributed by atoms with Gasteiger partial charge in [-0.2, -0.15) is 4.37 Å². The van der Waals surface area contributed by atoms with Gasteiger partial charge in [-0.05, 0) is 6.07 Å². The number of methoxy groups -OCH3 is 1. The third-order valence-corrected chi connectivity index (χ3v) is 2.62. The zero-order chi connectivity index (χ0) is 9.97. The second kappa shape index (κ2) is 3.94. The van der Waals surface area contributed by atoms with Crippen molar-refractivity contribution in [3.63, 3.8) is 0 Å².